The second-order valence-corrected chi connectivity index (χ2v) is 4.35. The van der Waals surface area contributed by atoms with Crippen LogP contribution in [0.3, 0.4) is 0 Å². The fourth-order valence-electron chi connectivity index (χ4n) is 1.35. The molecule has 0 bridgehead atoms. The molecular weight excluding hydrogens is 293 g/mol. The molecule has 98 valence electrons. The number of hydrogen-bond acceptors (Lipinski definition) is 3. The van der Waals surface area contributed by atoms with Gasteiger partial charge in [0, 0.05) is 6.07 Å². The number of carboxylic acid groups (broad SMARTS) is 1. The molecule has 2 N–H and O–H groups in total. The van der Waals surface area contributed by atoms with Gasteiger partial charge < -0.3 is 14.8 Å². The molecule has 0 atom stereocenters. The number of halogens is 2. The second-order valence-electron chi connectivity index (χ2n) is 3.56. The van der Waals surface area contributed by atoms with Gasteiger partial charge >= 0.3 is 5.97 Å². The Bertz CT molecular complexity index is 651. The van der Waals surface area contributed by atoms with Crippen molar-refractivity contribution in [3.05, 3.63) is 51.9 Å². The van der Waals surface area contributed by atoms with Gasteiger partial charge in [-0.1, -0.05) is 29.3 Å². The minimum absolute atomic E-state index is 0.109. The van der Waals surface area contributed by atoms with Crippen molar-refractivity contribution in [3.8, 4) is 0 Å². The predicted octanol–water partition coefficient (Wildman–Crippen LogP) is 3.54. The third-order valence-corrected chi connectivity index (χ3v) is 3.09. The Morgan fingerprint density at radius 1 is 1.26 bits per heavy atom. The van der Waals surface area contributed by atoms with Crippen LogP contribution in [0.25, 0.3) is 0 Å². The minimum Gasteiger partial charge on any atom is -0.478 e. The topological polar surface area (TPSA) is 79.5 Å². The monoisotopic (exact) mass is 299 g/mol. The van der Waals surface area contributed by atoms with Gasteiger partial charge in [-0.15, -0.1) is 0 Å². The van der Waals surface area contributed by atoms with Crippen LogP contribution in [0.1, 0.15) is 20.9 Å². The molecule has 0 unspecified atom stereocenters. The highest BCUT2D eigenvalue weighted by atomic mass is 35.5. The molecular formula is C12H7Cl2NO4. The molecule has 0 saturated heterocycles. The Labute approximate surface area is 117 Å². The third-order valence-electron chi connectivity index (χ3n) is 2.27. The first-order valence-corrected chi connectivity index (χ1v) is 5.82. The number of carbonyl (C=O) groups excluding carboxylic acids is 1. The number of carbonyl (C=O) groups is 2. The lowest BCUT2D eigenvalue weighted by Gasteiger charge is -2.06. The van der Waals surface area contributed by atoms with E-state index in [1.165, 1.54) is 0 Å². The number of hydrogen-bond donors (Lipinski definition) is 2. The van der Waals surface area contributed by atoms with Crippen LogP contribution in [0, 0.1) is 0 Å². The summed E-state index contributed by atoms with van der Waals surface area (Å²) in [6.45, 7) is 0. The molecule has 0 saturated carbocycles. The first-order chi connectivity index (χ1) is 8.99. The van der Waals surface area contributed by atoms with E-state index in [9.17, 15) is 9.59 Å². The number of carboxylic acids is 1. The number of rotatable bonds is 3. The van der Waals surface area contributed by atoms with Gasteiger partial charge in [0.25, 0.3) is 5.91 Å². The largest absolute Gasteiger partial charge is 0.478 e. The lowest BCUT2D eigenvalue weighted by molar-refractivity contribution is 0.0696. The normalized spacial score (nSPS) is 10.2. The van der Waals surface area contributed by atoms with Crippen molar-refractivity contribution < 1.29 is 19.1 Å². The standard InChI is InChI=1S/C12H7Cl2NO4/c13-7-2-1-3-8(10(7)14)15-11(16)9-4-6(5-19-9)12(17)18/h1-5H,(H,15,16)(H,17,18). The van der Waals surface area contributed by atoms with E-state index in [1.807, 2.05) is 0 Å². The van der Waals surface area contributed by atoms with Gasteiger partial charge in [-0.25, -0.2) is 4.79 Å². The molecule has 1 aromatic heterocycles. The SMILES string of the molecule is O=C(O)c1coc(C(=O)Nc2cccc(Cl)c2Cl)c1. The fourth-order valence-corrected chi connectivity index (χ4v) is 1.70. The van der Waals surface area contributed by atoms with Crippen LogP contribution in [0.15, 0.2) is 34.9 Å². The molecule has 0 spiro atoms. The highest BCUT2D eigenvalue weighted by Crippen LogP contribution is 2.29. The van der Waals surface area contributed by atoms with Gasteiger partial charge in [0.05, 0.1) is 21.3 Å². The van der Waals surface area contributed by atoms with Crippen molar-refractivity contribution in [2.45, 2.75) is 0 Å². The van der Waals surface area contributed by atoms with Crippen molar-refractivity contribution in [1.82, 2.24) is 0 Å². The zero-order valence-electron chi connectivity index (χ0n) is 9.31. The van der Waals surface area contributed by atoms with Gasteiger partial charge in [-0.05, 0) is 12.1 Å². The van der Waals surface area contributed by atoms with Crippen molar-refractivity contribution >= 4 is 40.8 Å². The smallest absolute Gasteiger partial charge is 0.338 e. The van der Waals surface area contributed by atoms with Crippen molar-refractivity contribution in [2.24, 2.45) is 0 Å². The zero-order chi connectivity index (χ0) is 14.0. The molecule has 5 nitrogen and oxygen atoms in total. The number of furan rings is 1. The van der Waals surface area contributed by atoms with Crippen LogP contribution < -0.4 is 5.32 Å². The Morgan fingerprint density at radius 3 is 2.63 bits per heavy atom. The van der Waals surface area contributed by atoms with Crippen LogP contribution in [0.5, 0.6) is 0 Å². The van der Waals surface area contributed by atoms with Gasteiger partial charge in [-0.3, -0.25) is 4.79 Å². The average Bonchev–Trinajstić information content (AvgIpc) is 2.84. The molecule has 0 radical (unpaired) electrons. The molecule has 1 aromatic carbocycles. The Hall–Kier alpha value is -1.98. The van der Waals surface area contributed by atoms with Gasteiger partial charge in [0.1, 0.15) is 6.26 Å². The van der Waals surface area contributed by atoms with E-state index in [0.717, 1.165) is 12.3 Å². The second kappa shape index (κ2) is 5.34. The minimum atomic E-state index is -1.18. The van der Waals surface area contributed by atoms with Crippen molar-refractivity contribution in [1.29, 1.82) is 0 Å². The summed E-state index contributed by atoms with van der Waals surface area (Å²) >= 11 is 11.7. The number of benzene rings is 1. The maximum Gasteiger partial charge on any atom is 0.338 e. The molecule has 1 heterocycles. The van der Waals surface area contributed by atoms with E-state index in [1.54, 1.807) is 18.2 Å². The van der Waals surface area contributed by atoms with Crippen LogP contribution in [-0.4, -0.2) is 17.0 Å². The first-order valence-electron chi connectivity index (χ1n) is 5.06. The van der Waals surface area contributed by atoms with E-state index in [0.29, 0.717) is 10.7 Å². The number of nitrogens with one attached hydrogen (secondary N) is 1. The van der Waals surface area contributed by atoms with Crippen LogP contribution in [0.4, 0.5) is 5.69 Å². The van der Waals surface area contributed by atoms with E-state index in [2.05, 4.69) is 5.32 Å². The lowest BCUT2D eigenvalue weighted by atomic mass is 10.3. The molecule has 0 aliphatic heterocycles. The third kappa shape index (κ3) is 2.89. The summed E-state index contributed by atoms with van der Waals surface area (Å²) in [4.78, 5) is 22.5. The summed E-state index contributed by atoms with van der Waals surface area (Å²) in [6, 6.07) is 5.88. The maximum absolute atomic E-state index is 11.8. The zero-order valence-corrected chi connectivity index (χ0v) is 10.8. The fraction of sp³-hybridized carbons (Fsp3) is 0. The Morgan fingerprint density at radius 2 is 2.00 bits per heavy atom. The molecule has 0 fully saturated rings. The summed E-state index contributed by atoms with van der Waals surface area (Å²) < 4.78 is 4.86. The van der Waals surface area contributed by atoms with Gasteiger partial charge in [0.2, 0.25) is 0 Å². The maximum atomic E-state index is 11.8. The molecule has 0 aliphatic rings. The molecule has 19 heavy (non-hydrogen) atoms. The highest BCUT2D eigenvalue weighted by molar-refractivity contribution is 6.44. The summed E-state index contributed by atoms with van der Waals surface area (Å²) in [5.74, 6) is -1.92. The Balaban J connectivity index is 2.21. The summed E-state index contributed by atoms with van der Waals surface area (Å²) in [5, 5.41) is 11.7. The van der Waals surface area contributed by atoms with Crippen LogP contribution >= 0.6 is 23.2 Å². The van der Waals surface area contributed by atoms with Gasteiger partial charge in [-0.2, -0.15) is 0 Å². The van der Waals surface area contributed by atoms with Crippen LogP contribution in [0.2, 0.25) is 10.0 Å². The summed E-state index contributed by atoms with van der Waals surface area (Å²) in [6.07, 6.45) is 0.983. The molecule has 1 amide bonds. The molecule has 0 aliphatic carbocycles. The predicted molar refractivity (Wildman–Crippen MR) is 70.1 cm³/mol. The first kappa shape index (κ1) is 13.5. The molecule has 2 rings (SSSR count). The average molecular weight is 300 g/mol. The molecule has 2 aromatic rings. The number of anilines is 1. The van der Waals surface area contributed by atoms with E-state index in [4.69, 9.17) is 32.7 Å². The Kier molecular flexibility index (Phi) is 3.78. The number of aromatic carboxylic acids is 1. The van der Waals surface area contributed by atoms with Crippen molar-refractivity contribution in [3.63, 3.8) is 0 Å². The summed E-state index contributed by atoms with van der Waals surface area (Å²) in [5.41, 5.74) is 0.204. The van der Waals surface area contributed by atoms with E-state index < -0.39 is 11.9 Å². The molecule has 7 heteroatoms. The number of amides is 1. The van der Waals surface area contributed by atoms with E-state index >= 15 is 0 Å². The van der Waals surface area contributed by atoms with Crippen LogP contribution in [-0.2, 0) is 0 Å². The quantitative estimate of drug-likeness (QED) is 0.908. The lowest BCUT2D eigenvalue weighted by Crippen LogP contribution is -2.11. The van der Waals surface area contributed by atoms with Crippen molar-refractivity contribution in [2.75, 3.05) is 5.32 Å². The highest BCUT2D eigenvalue weighted by Gasteiger charge is 2.16. The van der Waals surface area contributed by atoms with E-state index in [-0.39, 0.29) is 16.3 Å². The van der Waals surface area contributed by atoms with Gasteiger partial charge in [0.15, 0.2) is 5.76 Å². The summed E-state index contributed by atoms with van der Waals surface area (Å²) in [7, 11) is 0.